The predicted octanol–water partition coefficient (Wildman–Crippen LogP) is 4.30. The molecule has 0 unspecified atom stereocenters. The summed E-state index contributed by atoms with van der Waals surface area (Å²) in [6, 6.07) is 14.4. The summed E-state index contributed by atoms with van der Waals surface area (Å²) in [7, 11) is 0. The highest BCUT2D eigenvalue weighted by Gasteiger charge is 2.13. The second-order valence-electron chi connectivity index (χ2n) is 5.55. The van der Waals surface area contributed by atoms with E-state index < -0.39 is 0 Å². The van der Waals surface area contributed by atoms with E-state index in [9.17, 15) is 5.11 Å². The van der Waals surface area contributed by atoms with Crippen molar-refractivity contribution in [3.63, 3.8) is 0 Å². The van der Waals surface area contributed by atoms with Gasteiger partial charge < -0.3 is 10.8 Å². The molecule has 2 heterocycles. The maximum absolute atomic E-state index is 9.82. The first-order valence-electron chi connectivity index (χ1n) is 7.58. The minimum absolute atomic E-state index is 0.132. The van der Waals surface area contributed by atoms with E-state index in [1.807, 2.05) is 30.3 Å². The standard InChI is InChI=1S/C19H13ClN4O/c20-16-5-4-12(25)9-14(16)18-13(2-1-7-22-18)11-3-6-17-15(8-11)19(21)24-10-23-17/h1-10,25H,(H2,21,23,24). The largest absolute Gasteiger partial charge is 0.508 e. The van der Waals surface area contributed by atoms with Crippen LogP contribution in [-0.2, 0) is 0 Å². The molecule has 25 heavy (non-hydrogen) atoms. The average Bonchev–Trinajstić information content (AvgIpc) is 2.64. The Morgan fingerprint density at radius 1 is 0.920 bits per heavy atom. The number of aromatic hydroxyl groups is 1. The Hall–Kier alpha value is -3.18. The number of benzene rings is 2. The molecule has 0 spiro atoms. The van der Waals surface area contributed by atoms with E-state index in [1.165, 1.54) is 6.33 Å². The number of anilines is 1. The van der Waals surface area contributed by atoms with Gasteiger partial charge in [-0.1, -0.05) is 23.7 Å². The number of nitrogens with two attached hydrogens (primary N) is 1. The normalized spacial score (nSPS) is 10.9. The van der Waals surface area contributed by atoms with Gasteiger partial charge >= 0.3 is 0 Å². The van der Waals surface area contributed by atoms with Gasteiger partial charge in [0.2, 0.25) is 0 Å². The van der Waals surface area contributed by atoms with Crippen LogP contribution >= 0.6 is 11.6 Å². The van der Waals surface area contributed by atoms with E-state index in [4.69, 9.17) is 17.3 Å². The first-order chi connectivity index (χ1) is 12.1. The van der Waals surface area contributed by atoms with Crippen LogP contribution in [0.2, 0.25) is 5.02 Å². The van der Waals surface area contributed by atoms with Gasteiger partial charge in [0.15, 0.2) is 0 Å². The highest BCUT2D eigenvalue weighted by Crippen LogP contribution is 2.37. The van der Waals surface area contributed by atoms with Gasteiger partial charge in [0, 0.05) is 22.7 Å². The van der Waals surface area contributed by atoms with Crippen LogP contribution in [0.5, 0.6) is 5.75 Å². The fraction of sp³-hybridized carbons (Fsp3) is 0. The third kappa shape index (κ3) is 2.75. The van der Waals surface area contributed by atoms with Crippen LogP contribution in [-0.4, -0.2) is 20.1 Å². The van der Waals surface area contributed by atoms with Gasteiger partial charge in [0.1, 0.15) is 17.9 Å². The smallest absolute Gasteiger partial charge is 0.134 e. The SMILES string of the molecule is Nc1ncnc2ccc(-c3cccnc3-c3cc(O)ccc3Cl)cc12. The molecule has 0 saturated carbocycles. The van der Waals surface area contributed by atoms with Gasteiger partial charge in [0.05, 0.1) is 16.2 Å². The summed E-state index contributed by atoms with van der Waals surface area (Å²) in [5.41, 5.74) is 9.88. The molecule has 2 aromatic heterocycles. The van der Waals surface area contributed by atoms with Crippen molar-refractivity contribution < 1.29 is 5.11 Å². The highest BCUT2D eigenvalue weighted by molar-refractivity contribution is 6.33. The Morgan fingerprint density at radius 3 is 2.68 bits per heavy atom. The molecule has 4 rings (SSSR count). The lowest BCUT2D eigenvalue weighted by atomic mass is 9.98. The lowest BCUT2D eigenvalue weighted by Gasteiger charge is -2.11. The van der Waals surface area contributed by atoms with Crippen LogP contribution in [0.15, 0.2) is 61.1 Å². The van der Waals surface area contributed by atoms with E-state index in [0.29, 0.717) is 22.1 Å². The summed E-state index contributed by atoms with van der Waals surface area (Å²) in [5.74, 6) is 0.555. The third-order valence-electron chi connectivity index (χ3n) is 3.99. The van der Waals surface area contributed by atoms with Crippen LogP contribution in [0.4, 0.5) is 5.82 Å². The minimum Gasteiger partial charge on any atom is -0.508 e. The molecule has 0 atom stereocenters. The van der Waals surface area contributed by atoms with Crippen molar-refractivity contribution in [3.8, 4) is 28.1 Å². The zero-order chi connectivity index (χ0) is 17.4. The van der Waals surface area contributed by atoms with E-state index in [0.717, 1.165) is 22.0 Å². The monoisotopic (exact) mass is 348 g/mol. The molecule has 122 valence electrons. The number of rotatable bonds is 2. The van der Waals surface area contributed by atoms with Crippen molar-refractivity contribution in [1.82, 2.24) is 15.0 Å². The van der Waals surface area contributed by atoms with Gasteiger partial charge in [-0.05, 0) is 42.0 Å². The molecule has 3 N–H and O–H groups in total. The lowest BCUT2D eigenvalue weighted by Crippen LogP contribution is -1.94. The molecule has 0 bridgehead atoms. The molecule has 0 aliphatic heterocycles. The molecule has 6 heteroatoms. The molecular weight excluding hydrogens is 336 g/mol. The zero-order valence-corrected chi connectivity index (χ0v) is 13.8. The highest BCUT2D eigenvalue weighted by atomic mass is 35.5. The first kappa shape index (κ1) is 15.4. The molecule has 0 fully saturated rings. The number of phenols is 1. The van der Waals surface area contributed by atoms with Crippen LogP contribution in [0.1, 0.15) is 0 Å². The summed E-state index contributed by atoms with van der Waals surface area (Å²) >= 11 is 6.32. The van der Waals surface area contributed by atoms with Gasteiger partial charge in [-0.15, -0.1) is 0 Å². The van der Waals surface area contributed by atoms with Gasteiger partial charge in [-0.25, -0.2) is 9.97 Å². The number of aromatic nitrogens is 3. The number of halogens is 1. The average molecular weight is 349 g/mol. The number of nitrogens with zero attached hydrogens (tertiary/aromatic N) is 3. The number of nitrogen functional groups attached to an aromatic ring is 1. The molecule has 0 saturated heterocycles. The topological polar surface area (TPSA) is 84.9 Å². The van der Waals surface area contributed by atoms with E-state index in [-0.39, 0.29) is 5.75 Å². The minimum atomic E-state index is 0.132. The van der Waals surface area contributed by atoms with Gasteiger partial charge in [0.25, 0.3) is 0 Å². The van der Waals surface area contributed by atoms with Crippen molar-refractivity contribution in [1.29, 1.82) is 0 Å². The number of hydrogen-bond donors (Lipinski definition) is 2. The Labute approximate surface area is 148 Å². The number of pyridine rings is 1. The fourth-order valence-electron chi connectivity index (χ4n) is 2.79. The molecule has 0 radical (unpaired) electrons. The second kappa shape index (κ2) is 6.03. The molecule has 4 aromatic rings. The van der Waals surface area contributed by atoms with E-state index in [2.05, 4.69) is 15.0 Å². The zero-order valence-electron chi connectivity index (χ0n) is 13.0. The summed E-state index contributed by atoms with van der Waals surface area (Å²) in [6.07, 6.45) is 3.14. The summed E-state index contributed by atoms with van der Waals surface area (Å²) in [4.78, 5) is 12.7. The van der Waals surface area contributed by atoms with Gasteiger partial charge in [-0.3, -0.25) is 4.98 Å². The molecule has 0 aliphatic carbocycles. The van der Waals surface area contributed by atoms with Crippen molar-refractivity contribution >= 4 is 28.3 Å². The van der Waals surface area contributed by atoms with Crippen molar-refractivity contribution in [2.75, 3.05) is 5.73 Å². The third-order valence-corrected chi connectivity index (χ3v) is 4.32. The van der Waals surface area contributed by atoms with Crippen LogP contribution in [0.25, 0.3) is 33.3 Å². The molecule has 2 aromatic carbocycles. The molecule has 5 nitrogen and oxygen atoms in total. The maximum Gasteiger partial charge on any atom is 0.134 e. The van der Waals surface area contributed by atoms with Gasteiger partial charge in [-0.2, -0.15) is 0 Å². The molecule has 0 amide bonds. The first-order valence-corrected chi connectivity index (χ1v) is 7.96. The van der Waals surface area contributed by atoms with Crippen molar-refractivity contribution in [2.45, 2.75) is 0 Å². The number of hydrogen-bond acceptors (Lipinski definition) is 5. The Bertz CT molecular complexity index is 1100. The van der Waals surface area contributed by atoms with Crippen LogP contribution < -0.4 is 5.73 Å². The Kier molecular flexibility index (Phi) is 3.71. The van der Waals surface area contributed by atoms with E-state index >= 15 is 0 Å². The van der Waals surface area contributed by atoms with E-state index in [1.54, 1.807) is 24.4 Å². The summed E-state index contributed by atoms with van der Waals surface area (Å²) < 4.78 is 0. The van der Waals surface area contributed by atoms with Crippen molar-refractivity contribution in [3.05, 3.63) is 66.1 Å². The second-order valence-corrected chi connectivity index (χ2v) is 5.96. The van der Waals surface area contributed by atoms with Crippen LogP contribution in [0, 0.1) is 0 Å². The molecule has 0 aliphatic rings. The number of phenolic OH excluding ortho intramolecular Hbond substituents is 1. The maximum atomic E-state index is 9.82. The quantitative estimate of drug-likeness (QED) is 0.564. The fourth-order valence-corrected chi connectivity index (χ4v) is 3.00. The summed E-state index contributed by atoms with van der Waals surface area (Å²) in [6.45, 7) is 0. The number of fused-ring (bicyclic) bond motifs is 1. The Balaban J connectivity index is 1.96. The lowest BCUT2D eigenvalue weighted by molar-refractivity contribution is 0.475. The van der Waals surface area contributed by atoms with Crippen molar-refractivity contribution in [2.24, 2.45) is 0 Å². The predicted molar refractivity (Wildman–Crippen MR) is 99.3 cm³/mol. The molecular formula is C19H13ClN4O. The van der Waals surface area contributed by atoms with Crippen LogP contribution in [0.3, 0.4) is 0 Å². The Morgan fingerprint density at radius 2 is 1.80 bits per heavy atom. The summed E-state index contributed by atoms with van der Waals surface area (Å²) in [5, 5.41) is 11.1.